The SMILES string of the molecule is COc1cc(CN)ccc1-c1nc(C(F)(F)F)cn1C. The molecule has 0 aliphatic carbocycles. The Balaban J connectivity index is 2.54. The van der Waals surface area contributed by atoms with Crippen LogP contribution in [0.3, 0.4) is 0 Å². The van der Waals surface area contributed by atoms with Gasteiger partial charge in [-0.3, -0.25) is 0 Å². The van der Waals surface area contributed by atoms with E-state index in [1.807, 2.05) is 0 Å². The highest BCUT2D eigenvalue weighted by Gasteiger charge is 2.34. The van der Waals surface area contributed by atoms with Gasteiger partial charge < -0.3 is 15.0 Å². The van der Waals surface area contributed by atoms with E-state index >= 15 is 0 Å². The molecule has 0 radical (unpaired) electrons. The quantitative estimate of drug-likeness (QED) is 0.943. The molecule has 2 rings (SSSR count). The number of ether oxygens (including phenoxy) is 1. The number of rotatable bonds is 3. The van der Waals surface area contributed by atoms with Gasteiger partial charge >= 0.3 is 6.18 Å². The van der Waals surface area contributed by atoms with Crippen molar-refractivity contribution < 1.29 is 17.9 Å². The topological polar surface area (TPSA) is 53.1 Å². The molecule has 0 fully saturated rings. The van der Waals surface area contributed by atoms with Crippen molar-refractivity contribution in [3.05, 3.63) is 35.7 Å². The van der Waals surface area contributed by atoms with E-state index in [0.29, 0.717) is 17.9 Å². The summed E-state index contributed by atoms with van der Waals surface area (Å²) in [6.45, 7) is 0.324. The van der Waals surface area contributed by atoms with E-state index in [1.54, 1.807) is 18.2 Å². The number of benzene rings is 1. The summed E-state index contributed by atoms with van der Waals surface area (Å²) in [4.78, 5) is 3.64. The first-order valence-electron chi connectivity index (χ1n) is 5.84. The first kappa shape index (κ1) is 14.4. The molecular weight excluding hydrogens is 271 g/mol. The number of nitrogens with two attached hydrogens (primary N) is 1. The predicted octanol–water partition coefficient (Wildman–Crippen LogP) is 2.57. The van der Waals surface area contributed by atoms with Crippen LogP contribution in [0.25, 0.3) is 11.4 Å². The highest BCUT2D eigenvalue weighted by atomic mass is 19.4. The molecule has 0 unspecified atom stereocenters. The molecule has 0 aliphatic rings. The molecule has 1 aromatic carbocycles. The molecule has 0 bridgehead atoms. The second-order valence-corrected chi connectivity index (χ2v) is 4.30. The third kappa shape index (κ3) is 2.62. The van der Waals surface area contributed by atoms with E-state index < -0.39 is 11.9 Å². The number of halogens is 3. The number of imidazole rings is 1. The number of hydrogen-bond donors (Lipinski definition) is 1. The minimum absolute atomic E-state index is 0.192. The fourth-order valence-corrected chi connectivity index (χ4v) is 1.90. The van der Waals surface area contributed by atoms with Crippen molar-refractivity contribution in [1.82, 2.24) is 9.55 Å². The zero-order valence-corrected chi connectivity index (χ0v) is 11.0. The Kier molecular flexibility index (Phi) is 3.71. The van der Waals surface area contributed by atoms with Crippen LogP contribution < -0.4 is 10.5 Å². The fourth-order valence-electron chi connectivity index (χ4n) is 1.90. The Morgan fingerprint density at radius 1 is 1.35 bits per heavy atom. The molecule has 2 N–H and O–H groups in total. The molecule has 1 aromatic heterocycles. The molecule has 0 spiro atoms. The third-order valence-corrected chi connectivity index (χ3v) is 2.91. The minimum atomic E-state index is -4.47. The summed E-state index contributed by atoms with van der Waals surface area (Å²) < 4.78 is 44.5. The van der Waals surface area contributed by atoms with Crippen molar-refractivity contribution in [2.45, 2.75) is 12.7 Å². The van der Waals surface area contributed by atoms with Gasteiger partial charge in [-0.1, -0.05) is 6.07 Å². The van der Waals surface area contributed by atoms with E-state index in [1.165, 1.54) is 18.7 Å². The number of methoxy groups -OCH3 is 1. The average Bonchev–Trinajstić information content (AvgIpc) is 2.80. The number of alkyl halides is 3. The Hall–Kier alpha value is -2.02. The summed E-state index contributed by atoms with van der Waals surface area (Å²) >= 11 is 0. The molecule has 0 aliphatic heterocycles. The van der Waals surface area contributed by atoms with Crippen LogP contribution >= 0.6 is 0 Å². The molecule has 7 heteroatoms. The summed E-state index contributed by atoms with van der Waals surface area (Å²) in [6, 6.07) is 5.08. The smallest absolute Gasteiger partial charge is 0.434 e. The molecular formula is C13H14F3N3O. The minimum Gasteiger partial charge on any atom is -0.496 e. The largest absolute Gasteiger partial charge is 0.496 e. The molecule has 0 saturated carbocycles. The van der Waals surface area contributed by atoms with E-state index in [-0.39, 0.29) is 5.82 Å². The molecule has 0 atom stereocenters. The summed E-state index contributed by atoms with van der Waals surface area (Å²) in [5.41, 5.74) is 5.92. The summed E-state index contributed by atoms with van der Waals surface area (Å²) in [5.74, 6) is 0.633. The van der Waals surface area contributed by atoms with E-state index in [4.69, 9.17) is 10.5 Å². The zero-order valence-electron chi connectivity index (χ0n) is 11.0. The molecule has 20 heavy (non-hydrogen) atoms. The lowest BCUT2D eigenvalue weighted by atomic mass is 10.1. The van der Waals surface area contributed by atoms with Gasteiger partial charge in [0, 0.05) is 19.8 Å². The van der Waals surface area contributed by atoms with Gasteiger partial charge in [-0.15, -0.1) is 0 Å². The van der Waals surface area contributed by atoms with E-state index in [0.717, 1.165) is 11.8 Å². The molecule has 2 aromatic rings. The molecule has 0 saturated heterocycles. The van der Waals surface area contributed by atoms with E-state index in [9.17, 15) is 13.2 Å². The van der Waals surface area contributed by atoms with Gasteiger partial charge in [0.15, 0.2) is 5.69 Å². The maximum absolute atomic E-state index is 12.7. The van der Waals surface area contributed by atoms with Crippen LogP contribution in [0.15, 0.2) is 24.4 Å². The second kappa shape index (κ2) is 5.16. The Morgan fingerprint density at radius 3 is 2.55 bits per heavy atom. The van der Waals surface area contributed by atoms with Gasteiger partial charge in [0.05, 0.1) is 12.7 Å². The van der Waals surface area contributed by atoms with Gasteiger partial charge in [0.2, 0.25) is 0 Å². The first-order chi connectivity index (χ1) is 9.36. The summed E-state index contributed by atoms with van der Waals surface area (Å²) in [7, 11) is 2.96. The lowest BCUT2D eigenvalue weighted by Gasteiger charge is -2.09. The number of aromatic nitrogens is 2. The van der Waals surface area contributed by atoms with Crippen molar-refractivity contribution in [2.75, 3.05) is 7.11 Å². The second-order valence-electron chi connectivity index (χ2n) is 4.30. The molecule has 108 valence electrons. The van der Waals surface area contributed by atoms with Gasteiger partial charge in [0.1, 0.15) is 11.6 Å². The third-order valence-electron chi connectivity index (χ3n) is 2.91. The molecule has 4 nitrogen and oxygen atoms in total. The highest BCUT2D eigenvalue weighted by molar-refractivity contribution is 5.65. The van der Waals surface area contributed by atoms with Gasteiger partial charge in [-0.25, -0.2) is 4.98 Å². The van der Waals surface area contributed by atoms with Crippen LogP contribution in [0.5, 0.6) is 5.75 Å². The van der Waals surface area contributed by atoms with Crippen LogP contribution in [0, 0.1) is 0 Å². The van der Waals surface area contributed by atoms with Crippen molar-refractivity contribution in [3.8, 4) is 17.1 Å². The highest BCUT2D eigenvalue weighted by Crippen LogP contribution is 2.34. The first-order valence-corrected chi connectivity index (χ1v) is 5.84. The Labute approximate surface area is 114 Å². The standard InChI is InChI=1S/C13H14F3N3O/c1-19-7-11(13(14,15)16)18-12(19)9-4-3-8(6-17)5-10(9)20-2/h3-5,7H,6,17H2,1-2H3. The Bertz CT molecular complexity index is 620. The molecule has 1 heterocycles. The van der Waals surface area contributed by atoms with Gasteiger partial charge in [-0.2, -0.15) is 13.2 Å². The molecule has 0 amide bonds. The lowest BCUT2D eigenvalue weighted by molar-refractivity contribution is -0.140. The number of nitrogens with zero attached hydrogens (tertiary/aromatic N) is 2. The normalized spacial score (nSPS) is 11.7. The summed E-state index contributed by atoms with van der Waals surface area (Å²) in [6.07, 6.45) is -3.52. The van der Waals surface area contributed by atoms with Crippen molar-refractivity contribution >= 4 is 0 Å². The number of hydrogen-bond acceptors (Lipinski definition) is 3. The van der Waals surface area contributed by atoms with Gasteiger partial charge in [0.25, 0.3) is 0 Å². The maximum atomic E-state index is 12.7. The van der Waals surface area contributed by atoms with Crippen LogP contribution in [0.1, 0.15) is 11.3 Å². The average molecular weight is 285 g/mol. The van der Waals surface area contributed by atoms with Gasteiger partial charge in [-0.05, 0) is 17.7 Å². The predicted molar refractivity (Wildman–Crippen MR) is 68.1 cm³/mol. The van der Waals surface area contributed by atoms with Crippen LogP contribution in [-0.4, -0.2) is 16.7 Å². The fraction of sp³-hybridized carbons (Fsp3) is 0.308. The summed E-state index contributed by atoms with van der Waals surface area (Å²) in [5, 5.41) is 0. The van der Waals surface area contributed by atoms with Crippen LogP contribution in [-0.2, 0) is 19.8 Å². The van der Waals surface area contributed by atoms with Crippen LogP contribution in [0.2, 0.25) is 0 Å². The van der Waals surface area contributed by atoms with E-state index in [2.05, 4.69) is 4.98 Å². The lowest BCUT2D eigenvalue weighted by Crippen LogP contribution is -2.05. The Morgan fingerprint density at radius 2 is 2.05 bits per heavy atom. The van der Waals surface area contributed by atoms with Crippen molar-refractivity contribution in [1.29, 1.82) is 0 Å². The van der Waals surface area contributed by atoms with Crippen molar-refractivity contribution in [3.63, 3.8) is 0 Å². The zero-order chi connectivity index (χ0) is 14.9. The van der Waals surface area contributed by atoms with Crippen molar-refractivity contribution in [2.24, 2.45) is 12.8 Å². The monoisotopic (exact) mass is 285 g/mol. The van der Waals surface area contributed by atoms with Crippen LogP contribution in [0.4, 0.5) is 13.2 Å². The number of aryl methyl sites for hydroxylation is 1. The maximum Gasteiger partial charge on any atom is 0.434 e.